The first kappa shape index (κ1) is 29.4. The Hall–Kier alpha value is -3.11. The van der Waals surface area contributed by atoms with E-state index in [0.29, 0.717) is 32.8 Å². The minimum absolute atomic E-state index is 0.0213. The van der Waals surface area contributed by atoms with Crippen molar-refractivity contribution in [2.24, 2.45) is 0 Å². The summed E-state index contributed by atoms with van der Waals surface area (Å²) in [5, 5.41) is 15.4. The Bertz CT molecular complexity index is 1030. The van der Waals surface area contributed by atoms with Crippen LogP contribution >= 0.6 is 0 Å². The number of aliphatic hydroxyl groups excluding tert-OH is 1. The summed E-state index contributed by atoms with van der Waals surface area (Å²) in [6, 6.07) is 7.48. The molecule has 0 bridgehead atoms. The molecule has 2 aliphatic heterocycles. The second-order valence-electron chi connectivity index (χ2n) is 9.72. The van der Waals surface area contributed by atoms with Gasteiger partial charge in [0.15, 0.2) is 5.78 Å². The highest BCUT2D eigenvalue weighted by Gasteiger charge is 2.38. The molecule has 2 amide bonds. The summed E-state index contributed by atoms with van der Waals surface area (Å²) in [5.41, 5.74) is 2.60. The van der Waals surface area contributed by atoms with Crippen LogP contribution in [0.4, 0.5) is 0 Å². The molecule has 38 heavy (non-hydrogen) atoms. The van der Waals surface area contributed by atoms with E-state index < -0.39 is 24.1 Å². The molecule has 1 aromatic rings. The lowest BCUT2D eigenvalue weighted by molar-refractivity contribution is -0.133. The van der Waals surface area contributed by atoms with Gasteiger partial charge in [0, 0.05) is 13.0 Å². The molecule has 2 aliphatic rings. The number of rotatable bonds is 14. The SMILES string of the molecule is C=C(C)/C=C\C(=C/C)C[C@H](NC(=O)CN1CCOCC1CO)C(=O)NC(Cc1ccccc1)C(=O)[C@H]1CO1. The lowest BCUT2D eigenvalue weighted by Gasteiger charge is -2.34. The third kappa shape index (κ3) is 9.33. The number of epoxide rings is 1. The molecule has 2 heterocycles. The summed E-state index contributed by atoms with van der Waals surface area (Å²) in [7, 11) is 0. The summed E-state index contributed by atoms with van der Waals surface area (Å²) < 4.78 is 10.6. The number of benzene rings is 1. The molecule has 0 spiro atoms. The average molecular weight is 526 g/mol. The van der Waals surface area contributed by atoms with E-state index in [2.05, 4.69) is 17.2 Å². The summed E-state index contributed by atoms with van der Waals surface area (Å²) in [4.78, 5) is 41.4. The van der Waals surface area contributed by atoms with Crippen molar-refractivity contribution >= 4 is 17.6 Å². The van der Waals surface area contributed by atoms with E-state index in [1.807, 2.05) is 67.3 Å². The van der Waals surface area contributed by atoms with Crippen LogP contribution in [0.2, 0.25) is 0 Å². The number of nitrogens with one attached hydrogen (secondary N) is 2. The Kier molecular flexibility index (Phi) is 11.4. The highest BCUT2D eigenvalue weighted by Crippen LogP contribution is 2.16. The van der Waals surface area contributed by atoms with Gasteiger partial charge in [0.1, 0.15) is 12.1 Å². The monoisotopic (exact) mass is 525 g/mol. The van der Waals surface area contributed by atoms with Crippen molar-refractivity contribution in [1.29, 1.82) is 0 Å². The second-order valence-corrected chi connectivity index (χ2v) is 9.72. The quantitative estimate of drug-likeness (QED) is 0.248. The fraction of sp³-hybridized carbons (Fsp3) is 0.483. The Labute approximate surface area is 224 Å². The van der Waals surface area contributed by atoms with Crippen molar-refractivity contribution in [3.63, 3.8) is 0 Å². The predicted molar refractivity (Wildman–Crippen MR) is 144 cm³/mol. The van der Waals surface area contributed by atoms with Gasteiger partial charge >= 0.3 is 0 Å². The highest BCUT2D eigenvalue weighted by atomic mass is 16.6. The Morgan fingerprint density at radius 2 is 1.89 bits per heavy atom. The van der Waals surface area contributed by atoms with Crippen LogP contribution in [0.25, 0.3) is 0 Å². The van der Waals surface area contributed by atoms with Crippen LogP contribution in [0.5, 0.6) is 0 Å². The van der Waals surface area contributed by atoms with Gasteiger partial charge in [0.05, 0.1) is 45.1 Å². The molecule has 206 valence electrons. The van der Waals surface area contributed by atoms with Gasteiger partial charge in [-0.3, -0.25) is 19.3 Å². The molecule has 4 atom stereocenters. The minimum atomic E-state index is -0.914. The van der Waals surface area contributed by atoms with Gasteiger partial charge < -0.3 is 25.2 Å². The number of morpholine rings is 1. The summed E-state index contributed by atoms with van der Waals surface area (Å²) in [5.74, 6) is -0.974. The topological polar surface area (TPSA) is 120 Å². The molecule has 1 aromatic carbocycles. The highest BCUT2D eigenvalue weighted by molar-refractivity contribution is 5.96. The van der Waals surface area contributed by atoms with Crippen molar-refractivity contribution in [1.82, 2.24) is 15.5 Å². The first-order chi connectivity index (χ1) is 18.3. The van der Waals surface area contributed by atoms with Crippen LogP contribution in [-0.2, 0) is 30.3 Å². The molecule has 2 fully saturated rings. The zero-order valence-corrected chi connectivity index (χ0v) is 22.2. The molecule has 0 radical (unpaired) electrons. The Morgan fingerprint density at radius 3 is 2.53 bits per heavy atom. The summed E-state index contributed by atoms with van der Waals surface area (Å²) in [6.45, 7) is 9.17. The van der Waals surface area contributed by atoms with Crippen LogP contribution in [0.3, 0.4) is 0 Å². The number of carbonyl (C=O) groups is 3. The Morgan fingerprint density at radius 1 is 1.16 bits per heavy atom. The predicted octanol–water partition coefficient (Wildman–Crippen LogP) is 1.33. The van der Waals surface area contributed by atoms with Gasteiger partial charge in [-0.15, -0.1) is 0 Å². The molecule has 3 N–H and O–H groups in total. The van der Waals surface area contributed by atoms with Crippen LogP contribution in [0.1, 0.15) is 25.8 Å². The van der Waals surface area contributed by atoms with Crippen LogP contribution in [0, 0.1) is 0 Å². The van der Waals surface area contributed by atoms with E-state index in [1.165, 1.54) is 0 Å². The largest absolute Gasteiger partial charge is 0.395 e. The maximum absolute atomic E-state index is 13.6. The van der Waals surface area contributed by atoms with Gasteiger partial charge in [-0.05, 0) is 31.4 Å². The lowest BCUT2D eigenvalue weighted by Crippen LogP contribution is -2.56. The number of allylic oxidation sites excluding steroid dienone is 4. The number of carbonyl (C=O) groups excluding carboxylic acids is 3. The van der Waals surface area contributed by atoms with Crippen LogP contribution < -0.4 is 10.6 Å². The van der Waals surface area contributed by atoms with E-state index >= 15 is 0 Å². The minimum Gasteiger partial charge on any atom is -0.395 e. The molecule has 2 unspecified atom stereocenters. The molecule has 0 aromatic heterocycles. The van der Waals surface area contributed by atoms with Gasteiger partial charge in [-0.2, -0.15) is 0 Å². The number of ketones is 1. The average Bonchev–Trinajstić information content (AvgIpc) is 3.76. The van der Waals surface area contributed by atoms with Crippen molar-refractivity contribution in [2.75, 3.05) is 39.5 Å². The van der Waals surface area contributed by atoms with Crippen molar-refractivity contribution in [3.8, 4) is 0 Å². The number of ether oxygens (including phenoxy) is 2. The maximum Gasteiger partial charge on any atom is 0.243 e. The van der Waals surface area contributed by atoms with Gasteiger partial charge in [0.2, 0.25) is 11.8 Å². The van der Waals surface area contributed by atoms with Gasteiger partial charge in [-0.25, -0.2) is 0 Å². The van der Waals surface area contributed by atoms with Crippen molar-refractivity contribution in [2.45, 2.75) is 50.9 Å². The van der Waals surface area contributed by atoms with E-state index in [9.17, 15) is 19.5 Å². The van der Waals surface area contributed by atoms with Crippen LogP contribution in [-0.4, -0.2) is 91.4 Å². The number of hydrogen-bond acceptors (Lipinski definition) is 7. The third-order valence-corrected chi connectivity index (χ3v) is 6.54. The number of aliphatic hydroxyl groups is 1. The number of amides is 2. The summed E-state index contributed by atoms with van der Waals surface area (Å²) >= 11 is 0. The number of hydrogen-bond donors (Lipinski definition) is 3. The fourth-order valence-corrected chi connectivity index (χ4v) is 4.25. The Balaban J connectivity index is 1.76. The second kappa shape index (κ2) is 14.7. The molecular weight excluding hydrogens is 486 g/mol. The van der Waals surface area contributed by atoms with Crippen molar-refractivity contribution in [3.05, 3.63) is 71.8 Å². The number of nitrogens with zero attached hydrogens (tertiary/aromatic N) is 1. The standard InChI is InChI=1S/C29H39N3O6/c1-4-21(11-10-20(2)3)14-25(30-27(34)16-32-12-13-37-18-23(32)17-33)29(36)31-24(28(35)26-19-38-26)15-22-8-6-5-7-9-22/h4-11,23-26,33H,2,12-19H2,1,3H3,(H,30,34)(H,31,36)/b11-10-,21-4+/t23?,24?,25-,26+/m0/s1. The summed E-state index contributed by atoms with van der Waals surface area (Å²) in [6.07, 6.45) is 5.63. The maximum atomic E-state index is 13.6. The fourth-order valence-electron chi connectivity index (χ4n) is 4.25. The molecule has 9 heteroatoms. The van der Waals surface area contributed by atoms with Gasteiger partial charge in [-0.1, -0.05) is 60.7 Å². The van der Waals surface area contributed by atoms with Gasteiger partial charge in [0.25, 0.3) is 0 Å². The smallest absolute Gasteiger partial charge is 0.243 e. The van der Waals surface area contributed by atoms with Crippen molar-refractivity contribution < 1.29 is 29.0 Å². The molecular formula is C29H39N3O6. The number of Topliss-reactive ketones (excluding diaryl/α,β-unsaturated/α-hetero) is 1. The van der Waals surface area contributed by atoms with E-state index in [4.69, 9.17) is 9.47 Å². The first-order valence-electron chi connectivity index (χ1n) is 13.0. The molecule has 3 rings (SSSR count). The molecule has 0 aliphatic carbocycles. The zero-order chi connectivity index (χ0) is 27.5. The van der Waals surface area contributed by atoms with E-state index in [0.717, 1.165) is 16.7 Å². The van der Waals surface area contributed by atoms with Crippen LogP contribution in [0.15, 0.2) is 66.3 Å². The lowest BCUT2D eigenvalue weighted by atomic mass is 9.99. The third-order valence-electron chi connectivity index (χ3n) is 6.54. The zero-order valence-electron chi connectivity index (χ0n) is 22.2. The van der Waals surface area contributed by atoms with E-state index in [1.54, 1.807) is 0 Å². The molecule has 0 saturated carbocycles. The molecule has 2 saturated heterocycles. The van der Waals surface area contributed by atoms with E-state index in [-0.39, 0.29) is 37.3 Å². The molecule has 9 nitrogen and oxygen atoms in total. The normalized spacial score (nSPS) is 21.5. The first-order valence-corrected chi connectivity index (χ1v) is 13.0.